The molecule has 0 spiro atoms. The standard InChI is InChI=1S/C15H21N3S/c1-16-13(7-6-12-8-9-17-18(12)2)15-10-11-4-3-5-14(11)19-15/h8-10,13,16H,3-7H2,1-2H3. The highest BCUT2D eigenvalue weighted by molar-refractivity contribution is 7.12. The molecule has 1 unspecified atom stereocenters. The normalized spacial score (nSPS) is 15.7. The fourth-order valence-electron chi connectivity index (χ4n) is 2.89. The molecule has 0 amide bonds. The minimum atomic E-state index is 0.477. The number of aromatic nitrogens is 2. The van der Waals surface area contributed by atoms with E-state index in [0.29, 0.717) is 6.04 Å². The zero-order valence-electron chi connectivity index (χ0n) is 11.6. The van der Waals surface area contributed by atoms with Crippen molar-refractivity contribution in [2.24, 2.45) is 7.05 Å². The van der Waals surface area contributed by atoms with Crippen molar-refractivity contribution in [3.63, 3.8) is 0 Å². The van der Waals surface area contributed by atoms with E-state index < -0.39 is 0 Å². The summed E-state index contributed by atoms with van der Waals surface area (Å²) in [7, 11) is 4.09. The van der Waals surface area contributed by atoms with Crippen LogP contribution in [0, 0.1) is 0 Å². The van der Waals surface area contributed by atoms with E-state index in [1.165, 1.54) is 29.8 Å². The summed E-state index contributed by atoms with van der Waals surface area (Å²) in [6, 6.07) is 5.02. The highest BCUT2D eigenvalue weighted by Gasteiger charge is 2.19. The molecule has 3 rings (SSSR count). The third kappa shape index (κ3) is 2.60. The van der Waals surface area contributed by atoms with Gasteiger partial charge in [0.2, 0.25) is 0 Å². The Morgan fingerprint density at radius 2 is 2.37 bits per heavy atom. The largest absolute Gasteiger partial charge is 0.312 e. The Hall–Kier alpha value is -1.13. The summed E-state index contributed by atoms with van der Waals surface area (Å²) >= 11 is 2.01. The van der Waals surface area contributed by atoms with Crippen LogP contribution < -0.4 is 5.32 Å². The maximum atomic E-state index is 4.23. The Labute approximate surface area is 118 Å². The average Bonchev–Trinajstić information content (AvgIpc) is 3.06. The van der Waals surface area contributed by atoms with Gasteiger partial charge in [0.05, 0.1) is 0 Å². The molecule has 2 aromatic rings. The number of nitrogens with zero attached hydrogens (tertiary/aromatic N) is 2. The monoisotopic (exact) mass is 275 g/mol. The van der Waals surface area contributed by atoms with E-state index >= 15 is 0 Å². The number of fused-ring (bicyclic) bond motifs is 1. The first-order chi connectivity index (χ1) is 9.28. The molecule has 102 valence electrons. The molecular formula is C15H21N3S. The first kappa shape index (κ1) is 12.9. The summed E-state index contributed by atoms with van der Waals surface area (Å²) in [6.07, 6.45) is 8.01. The van der Waals surface area contributed by atoms with Crippen molar-refractivity contribution in [1.82, 2.24) is 15.1 Å². The van der Waals surface area contributed by atoms with E-state index in [1.54, 1.807) is 10.4 Å². The minimum Gasteiger partial charge on any atom is -0.312 e. The van der Waals surface area contributed by atoms with Gasteiger partial charge in [0, 0.05) is 34.7 Å². The van der Waals surface area contributed by atoms with Crippen LogP contribution in [0.5, 0.6) is 0 Å². The van der Waals surface area contributed by atoms with Gasteiger partial charge in [-0.1, -0.05) is 0 Å². The van der Waals surface area contributed by atoms with Crippen LogP contribution in [0.3, 0.4) is 0 Å². The van der Waals surface area contributed by atoms with Crippen molar-refractivity contribution in [1.29, 1.82) is 0 Å². The van der Waals surface area contributed by atoms with Gasteiger partial charge in [-0.25, -0.2) is 0 Å². The number of nitrogens with one attached hydrogen (secondary N) is 1. The second kappa shape index (κ2) is 5.47. The quantitative estimate of drug-likeness (QED) is 0.909. The maximum absolute atomic E-state index is 4.23. The molecule has 0 fully saturated rings. The SMILES string of the molecule is CNC(CCc1ccnn1C)c1cc2c(s1)CCC2. The second-order valence-electron chi connectivity index (χ2n) is 5.28. The first-order valence-corrected chi connectivity index (χ1v) is 7.85. The second-order valence-corrected chi connectivity index (χ2v) is 6.45. The molecule has 0 saturated carbocycles. The summed E-state index contributed by atoms with van der Waals surface area (Å²) in [4.78, 5) is 3.13. The smallest absolute Gasteiger partial charge is 0.0492 e. The van der Waals surface area contributed by atoms with Gasteiger partial charge in [0.1, 0.15) is 0 Å². The predicted molar refractivity (Wildman–Crippen MR) is 79.7 cm³/mol. The first-order valence-electron chi connectivity index (χ1n) is 7.03. The molecule has 0 aliphatic heterocycles. The number of aryl methyl sites for hydroxylation is 4. The lowest BCUT2D eigenvalue weighted by molar-refractivity contribution is 0.543. The van der Waals surface area contributed by atoms with Gasteiger partial charge in [-0.15, -0.1) is 11.3 Å². The number of hydrogen-bond donors (Lipinski definition) is 1. The molecule has 0 radical (unpaired) electrons. The van der Waals surface area contributed by atoms with Crippen molar-refractivity contribution < 1.29 is 0 Å². The zero-order chi connectivity index (χ0) is 13.2. The third-order valence-corrected chi connectivity index (χ3v) is 5.42. The number of thiophene rings is 1. The Bertz CT molecular complexity index is 534. The lowest BCUT2D eigenvalue weighted by atomic mass is 10.1. The van der Waals surface area contributed by atoms with E-state index in [-0.39, 0.29) is 0 Å². The molecule has 0 bridgehead atoms. The van der Waals surface area contributed by atoms with Crippen LogP contribution in [0.2, 0.25) is 0 Å². The van der Waals surface area contributed by atoms with Crippen molar-refractivity contribution >= 4 is 11.3 Å². The van der Waals surface area contributed by atoms with Crippen LogP contribution in [0.4, 0.5) is 0 Å². The van der Waals surface area contributed by atoms with Gasteiger partial charge in [0.25, 0.3) is 0 Å². The summed E-state index contributed by atoms with van der Waals surface area (Å²) in [6.45, 7) is 0. The van der Waals surface area contributed by atoms with Gasteiger partial charge in [0.15, 0.2) is 0 Å². The summed E-state index contributed by atoms with van der Waals surface area (Å²) < 4.78 is 1.97. The van der Waals surface area contributed by atoms with Gasteiger partial charge >= 0.3 is 0 Å². The van der Waals surface area contributed by atoms with Gasteiger partial charge in [-0.2, -0.15) is 5.10 Å². The van der Waals surface area contributed by atoms with Gasteiger partial charge < -0.3 is 5.32 Å². The number of rotatable bonds is 5. The molecule has 2 heterocycles. The van der Waals surface area contributed by atoms with Gasteiger partial charge in [-0.05, 0) is 56.8 Å². The highest BCUT2D eigenvalue weighted by Crippen LogP contribution is 2.35. The van der Waals surface area contributed by atoms with E-state index in [0.717, 1.165) is 12.8 Å². The molecule has 19 heavy (non-hydrogen) atoms. The van der Waals surface area contributed by atoms with Crippen molar-refractivity contribution in [3.05, 3.63) is 39.3 Å². The topological polar surface area (TPSA) is 29.9 Å². The molecule has 4 heteroatoms. The van der Waals surface area contributed by atoms with E-state index in [4.69, 9.17) is 0 Å². The molecular weight excluding hydrogens is 254 g/mol. The van der Waals surface area contributed by atoms with Crippen molar-refractivity contribution in [3.8, 4) is 0 Å². The average molecular weight is 275 g/mol. The Morgan fingerprint density at radius 1 is 1.47 bits per heavy atom. The summed E-state index contributed by atoms with van der Waals surface area (Å²) in [5.74, 6) is 0. The van der Waals surface area contributed by atoms with Crippen LogP contribution in [0.15, 0.2) is 18.3 Å². The summed E-state index contributed by atoms with van der Waals surface area (Å²) in [5, 5.41) is 7.70. The molecule has 2 aromatic heterocycles. The lowest BCUT2D eigenvalue weighted by Gasteiger charge is -2.14. The molecule has 1 N–H and O–H groups in total. The molecule has 1 atom stereocenters. The van der Waals surface area contributed by atoms with Crippen LogP contribution in [-0.2, 0) is 26.3 Å². The van der Waals surface area contributed by atoms with Gasteiger partial charge in [-0.3, -0.25) is 4.68 Å². The minimum absolute atomic E-state index is 0.477. The van der Waals surface area contributed by atoms with E-state index in [1.807, 2.05) is 29.3 Å². The molecule has 1 aliphatic carbocycles. The Kier molecular flexibility index (Phi) is 3.71. The maximum Gasteiger partial charge on any atom is 0.0492 e. The van der Waals surface area contributed by atoms with Crippen LogP contribution in [-0.4, -0.2) is 16.8 Å². The van der Waals surface area contributed by atoms with E-state index in [2.05, 4.69) is 29.6 Å². The van der Waals surface area contributed by atoms with Crippen molar-refractivity contribution in [2.75, 3.05) is 7.05 Å². The Morgan fingerprint density at radius 3 is 3.05 bits per heavy atom. The lowest BCUT2D eigenvalue weighted by Crippen LogP contribution is -2.16. The molecule has 0 aromatic carbocycles. The molecule has 1 aliphatic rings. The molecule has 3 nitrogen and oxygen atoms in total. The highest BCUT2D eigenvalue weighted by atomic mass is 32.1. The van der Waals surface area contributed by atoms with E-state index in [9.17, 15) is 0 Å². The number of hydrogen-bond acceptors (Lipinski definition) is 3. The van der Waals surface area contributed by atoms with Crippen LogP contribution >= 0.6 is 11.3 Å². The third-order valence-electron chi connectivity index (χ3n) is 4.07. The predicted octanol–water partition coefficient (Wildman–Crippen LogP) is 2.86. The zero-order valence-corrected chi connectivity index (χ0v) is 12.5. The fourth-order valence-corrected chi connectivity index (χ4v) is 4.29. The van der Waals surface area contributed by atoms with Crippen LogP contribution in [0.25, 0.3) is 0 Å². The molecule has 0 saturated heterocycles. The summed E-state index contributed by atoms with van der Waals surface area (Å²) in [5.41, 5.74) is 2.91. The fraction of sp³-hybridized carbons (Fsp3) is 0.533. The Balaban J connectivity index is 1.68. The van der Waals surface area contributed by atoms with Crippen molar-refractivity contribution in [2.45, 2.75) is 38.1 Å². The van der Waals surface area contributed by atoms with Crippen LogP contribution in [0.1, 0.15) is 39.9 Å².